The van der Waals surface area contributed by atoms with Crippen LogP contribution in [-0.2, 0) is 9.84 Å². The summed E-state index contributed by atoms with van der Waals surface area (Å²) >= 11 is 1.43. The van der Waals surface area contributed by atoms with Gasteiger partial charge in [-0.15, -0.1) is 11.3 Å². The van der Waals surface area contributed by atoms with Crippen LogP contribution in [0.5, 0.6) is 17.2 Å². The molecule has 1 unspecified atom stereocenters. The van der Waals surface area contributed by atoms with Gasteiger partial charge in [-0.3, -0.25) is 4.79 Å². The van der Waals surface area contributed by atoms with Gasteiger partial charge in [0.25, 0.3) is 5.91 Å². The van der Waals surface area contributed by atoms with Gasteiger partial charge in [-0.25, -0.2) is 8.42 Å². The average molecular weight is 426 g/mol. The van der Waals surface area contributed by atoms with Crippen molar-refractivity contribution in [3.8, 4) is 17.2 Å². The second-order valence-electron chi connectivity index (χ2n) is 6.33. The van der Waals surface area contributed by atoms with Gasteiger partial charge in [0.1, 0.15) is 0 Å². The van der Waals surface area contributed by atoms with Gasteiger partial charge in [-0.05, 0) is 30.0 Å². The van der Waals surface area contributed by atoms with Crippen LogP contribution in [0.15, 0.2) is 29.6 Å². The number of methoxy groups -OCH3 is 3. The van der Waals surface area contributed by atoms with Gasteiger partial charge in [-0.1, -0.05) is 6.07 Å². The van der Waals surface area contributed by atoms with Crippen molar-refractivity contribution in [3.63, 3.8) is 0 Å². The van der Waals surface area contributed by atoms with E-state index in [1.807, 2.05) is 17.5 Å². The van der Waals surface area contributed by atoms with Gasteiger partial charge in [0.05, 0.1) is 37.9 Å². The summed E-state index contributed by atoms with van der Waals surface area (Å²) in [5.41, 5.74) is 0.312. The molecule has 0 N–H and O–H groups in total. The minimum Gasteiger partial charge on any atom is -0.493 e. The number of nitrogens with zero attached hydrogens (tertiary/aromatic N) is 1. The molecule has 9 heteroatoms. The molecule has 1 saturated heterocycles. The van der Waals surface area contributed by atoms with Crippen molar-refractivity contribution in [1.82, 2.24) is 4.90 Å². The highest BCUT2D eigenvalue weighted by Gasteiger charge is 2.34. The van der Waals surface area contributed by atoms with Crippen LogP contribution in [-0.4, -0.2) is 59.4 Å². The molecule has 3 rings (SSSR count). The molecule has 1 aromatic carbocycles. The number of rotatable bonds is 5. The number of ether oxygens (including phenoxy) is 3. The van der Waals surface area contributed by atoms with Crippen LogP contribution in [0.4, 0.5) is 0 Å². The number of thiophene rings is 1. The molecule has 0 bridgehead atoms. The molecule has 0 aliphatic carbocycles. The van der Waals surface area contributed by atoms with Crippen molar-refractivity contribution in [3.05, 3.63) is 40.1 Å². The van der Waals surface area contributed by atoms with E-state index in [1.54, 1.807) is 17.0 Å². The third-order valence-corrected chi connectivity index (χ3v) is 8.07. The lowest BCUT2D eigenvalue weighted by molar-refractivity contribution is 0.0762. The number of amides is 1. The van der Waals surface area contributed by atoms with Crippen LogP contribution < -0.4 is 14.2 Å². The Morgan fingerprint density at radius 1 is 1.07 bits per heavy atom. The molecule has 1 aliphatic heterocycles. The smallest absolute Gasteiger partial charge is 0.257 e. The summed E-state index contributed by atoms with van der Waals surface area (Å²) in [5.74, 6) is 0.687. The Kier molecular flexibility index (Phi) is 6.14. The molecular formula is C19H23NO6S2. The summed E-state index contributed by atoms with van der Waals surface area (Å²) in [5, 5.41) is 1.30. The predicted molar refractivity (Wildman–Crippen MR) is 107 cm³/mol. The summed E-state index contributed by atoms with van der Waals surface area (Å²) < 4.78 is 41.4. The molecule has 2 heterocycles. The zero-order valence-corrected chi connectivity index (χ0v) is 17.6. The van der Waals surface area contributed by atoms with E-state index in [2.05, 4.69) is 0 Å². The van der Waals surface area contributed by atoms with Crippen molar-refractivity contribution in [2.75, 3.05) is 40.2 Å². The first-order valence-electron chi connectivity index (χ1n) is 8.76. The minimum absolute atomic E-state index is 0.0725. The standard InChI is InChI=1S/C19H23NO6S2/c1-24-14-7-6-13(17(25-2)18(14)26-3)19(21)20-9-8-16(15-5-4-11-27-15)28(22,23)12-10-20/h4-7,11,16H,8-10,12H2,1-3H3. The monoisotopic (exact) mass is 425 g/mol. The molecule has 0 radical (unpaired) electrons. The maximum absolute atomic E-state index is 13.2. The lowest BCUT2D eigenvalue weighted by Gasteiger charge is -2.22. The molecule has 2 aromatic rings. The molecule has 0 saturated carbocycles. The van der Waals surface area contributed by atoms with Gasteiger partial charge in [0.2, 0.25) is 5.75 Å². The van der Waals surface area contributed by atoms with E-state index >= 15 is 0 Å². The Bertz CT molecular complexity index is 940. The lowest BCUT2D eigenvalue weighted by atomic mass is 10.1. The molecule has 1 atom stereocenters. The summed E-state index contributed by atoms with van der Waals surface area (Å²) in [7, 11) is 1.10. The molecule has 28 heavy (non-hydrogen) atoms. The van der Waals surface area contributed by atoms with Crippen molar-refractivity contribution < 1.29 is 27.4 Å². The first-order valence-corrected chi connectivity index (χ1v) is 11.4. The molecule has 1 fully saturated rings. The maximum Gasteiger partial charge on any atom is 0.257 e. The van der Waals surface area contributed by atoms with Crippen LogP contribution in [0.2, 0.25) is 0 Å². The highest BCUT2D eigenvalue weighted by molar-refractivity contribution is 7.91. The summed E-state index contributed by atoms with van der Waals surface area (Å²) in [6.45, 7) is 0.485. The minimum atomic E-state index is -3.33. The Labute approximate surface area is 168 Å². The van der Waals surface area contributed by atoms with Crippen LogP contribution in [0, 0.1) is 0 Å². The number of hydrogen-bond donors (Lipinski definition) is 0. The molecule has 0 spiro atoms. The van der Waals surface area contributed by atoms with Crippen molar-refractivity contribution >= 4 is 27.1 Å². The second-order valence-corrected chi connectivity index (χ2v) is 9.62. The fraction of sp³-hybridized carbons (Fsp3) is 0.421. The van der Waals surface area contributed by atoms with E-state index in [0.717, 1.165) is 4.88 Å². The summed E-state index contributed by atoms with van der Waals surface area (Å²) in [6, 6.07) is 6.93. The molecule has 1 aromatic heterocycles. The van der Waals surface area contributed by atoms with E-state index in [4.69, 9.17) is 14.2 Å². The largest absolute Gasteiger partial charge is 0.493 e. The van der Waals surface area contributed by atoms with Crippen LogP contribution >= 0.6 is 11.3 Å². The quantitative estimate of drug-likeness (QED) is 0.733. The van der Waals surface area contributed by atoms with Gasteiger partial charge in [0, 0.05) is 18.0 Å². The van der Waals surface area contributed by atoms with Gasteiger partial charge in [0.15, 0.2) is 21.3 Å². The van der Waals surface area contributed by atoms with Gasteiger partial charge >= 0.3 is 0 Å². The molecular weight excluding hydrogens is 402 g/mol. The maximum atomic E-state index is 13.2. The molecule has 7 nitrogen and oxygen atoms in total. The average Bonchev–Trinajstić information content (AvgIpc) is 3.17. The number of hydrogen-bond acceptors (Lipinski definition) is 7. The van der Waals surface area contributed by atoms with E-state index in [9.17, 15) is 13.2 Å². The number of carbonyl (C=O) groups is 1. The highest BCUT2D eigenvalue weighted by Crippen LogP contribution is 2.40. The first-order chi connectivity index (χ1) is 13.4. The SMILES string of the molecule is COc1ccc(C(=O)N2CCC(c3cccs3)S(=O)(=O)CC2)c(OC)c1OC. The van der Waals surface area contributed by atoms with E-state index in [-0.39, 0.29) is 24.0 Å². The molecule has 1 amide bonds. The Balaban J connectivity index is 1.90. The summed E-state index contributed by atoms with van der Waals surface area (Å²) in [6.07, 6.45) is 0.365. The van der Waals surface area contributed by atoms with E-state index in [1.165, 1.54) is 32.7 Å². The van der Waals surface area contributed by atoms with E-state index < -0.39 is 15.1 Å². The highest BCUT2D eigenvalue weighted by atomic mass is 32.2. The van der Waals surface area contributed by atoms with Crippen LogP contribution in [0.1, 0.15) is 26.9 Å². The Morgan fingerprint density at radius 2 is 1.82 bits per heavy atom. The van der Waals surface area contributed by atoms with Crippen LogP contribution in [0.25, 0.3) is 0 Å². The zero-order chi connectivity index (χ0) is 20.3. The second kappa shape index (κ2) is 8.40. The fourth-order valence-electron chi connectivity index (χ4n) is 3.38. The fourth-order valence-corrected chi connectivity index (χ4v) is 6.38. The normalized spacial score (nSPS) is 19.0. The number of sulfone groups is 1. The Morgan fingerprint density at radius 3 is 2.43 bits per heavy atom. The number of benzene rings is 1. The van der Waals surface area contributed by atoms with Crippen molar-refractivity contribution in [1.29, 1.82) is 0 Å². The first kappa shape index (κ1) is 20.5. The predicted octanol–water partition coefficient (Wildman–Crippen LogP) is 2.78. The zero-order valence-electron chi connectivity index (χ0n) is 16.0. The molecule has 1 aliphatic rings. The molecule has 152 valence electrons. The van der Waals surface area contributed by atoms with Gasteiger partial charge in [-0.2, -0.15) is 0 Å². The summed E-state index contributed by atoms with van der Waals surface area (Å²) in [4.78, 5) is 15.5. The van der Waals surface area contributed by atoms with Crippen LogP contribution in [0.3, 0.4) is 0 Å². The van der Waals surface area contributed by atoms with Crippen molar-refractivity contribution in [2.24, 2.45) is 0 Å². The lowest BCUT2D eigenvalue weighted by Crippen LogP contribution is -2.33. The third-order valence-electron chi connectivity index (χ3n) is 4.82. The van der Waals surface area contributed by atoms with Crippen molar-refractivity contribution in [2.45, 2.75) is 11.7 Å². The Hall–Kier alpha value is -2.26. The topological polar surface area (TPSA) is 82.1 Å². The third kappa shape index (κ3) is 3.81. The van der Waals surface area contributed by atoms with E-state index in [0.29, 0.717) is 30.0 Å². The number of carbonyl (C=O) groups excluding carboxylic acids is 1. The van der Waals surface area contributed by atoms with Gasteiger partial charge < -0.3 is 19.1 Å².